The summed E-state index contributed by atoms with van der Waals surface area (Å²) in [6, 6.07) is 12.2. The second-order valence-electron chi connectivity index (χ2n) is 6.88. The van der Waals surface area contributed by atoms with E-state index in [0.717, 1.165) is 26.2 Å². The molecule has 1 N–H and O–H groups in total. The van der Waals surface area contributed by atoms with Crippen molar-refractivity contribution in [3.8, 4) is 0 Å². The van der Waals surface area contributed by atoms with Gasteiger partial charge in [0.15, 0.2) is 0 Å². The van der Waals surface area contributed by atoms with Crippen molar-refractivity contribution < 1.29 is 4.79 Å². The Bertz CT molecular complexity index is 677. The minimum atomic E-state index is -0.127. The quantitative estimate of drug-likeness (QED) is 0.859. The van der Waals surface area contributed by atoms with Crippen LogP contribution in [0.15, 0.2) is 48.9 Å². The first-order chi connectivity index (χ1) is 12.1. The maximum Gasteiger partial charge on any atom is 0.270 e. The lowest BCUT2D eigenvalue weighted by molar-refractivity contribution is 0.0921. The zero-order valence-corrected chi connectivity index (χ0v) is 14.8. The number of amides is 1. The van der Waals surface area contributed by atoms with E-state index in [2.05, 4.69) is 63.4 Å². The molecule has 6 nitrogen and oxygen atoms in total. The summed E-state index contributed by atoms with van der Waals surface area (Å²) in [5.41, 5.74) is 1.72. The van der Waals surface area contributed by atoms with Gasteiger partial charge < -0.3 is 10.2 Å². The molecule has 1 fully saturated rings. The van der Waals surface area contributed by atoms with Crippen LogP contribution >= 0.6 is 0 Å². The zero-order chi connectivity index (χ0) is 17.6. The van der Waals surface area contributed by atoms with Gasteiger partial charge in [0.05, 0.1) is 0 Å². The molecule has 1 aliphatic heterocycles. The van der Waals surface area contributed by atoms with Crippen molar-refractivity contribution in [1.29, 1.82) is 0 Å². The number of aromatic nitrogens is 2. The van der Waals surface area contributed by atoms with Crippen molar-refractivity contribution in [2.24, 2.45) is 5.92 Å². The number of nitrogens with zero attached hydrogens (tertiary/aromatic N) is 4. The third-order valence-electron chi connectivity index (χ3n) is 4.50. The van der Waals surface area contributed by atoms with E-state index in [1.807, 2.05) is 6.07 Å². The lowest BCUT2D eigenvalue weighted by Gasteiger charge is -2.22. The third-order valence-corrected chi connectivity index (χ3v) is 4.50. The summed E-state index contributed by atoms with van der Waals surface area (Å²) in [4.78, 5) is 25.0. The standard InChI is InChI=1S/C19H25N5O/c1-23(2)11-16-12-24(10-15-6-4-3-5-7-15)13-18(16)22-19(25)17-8-9-20-14-21-17/h3-9,14,16,18H,10-13H2,1-2H3,(H,22,25)/t16-,18-/m1/s1. The van der Waals surface area contributed by atoms with E-state index in [1.54, 1.807) is 12.3 Å². The van der Waals surface area contributed by atoms with Gasteiger partial charge in [-0.25, -0.2) is 9.97 Å². The molecule has 1 saturated heterocycles. The molecule has 1 aromatic heterocycles. The molecule has 1 amide bonds. The Morgan fingerprint density at radius 2 is 2.04 bits per heavy atom. The van der Waals surface area contributed by atoms with E-state index in [4.69, 9.17) is 0 Å². The minimum Gasteiger partial charge on any atom is -0.346 e. The molecule has 0 radical (unpaired) electrons. The topological polar surface area (TPSA) is 61.4 Å². The third kappa shape index (κ3) is 4.84. The predicted molar refractivity (Wildman–Crippen MR) is 97.0 cm³/mol. The largest absolute Gasteiger partial charge is 0.346 e. The highest BCUT2D eigenvalue weighted by Gasteiger charge is 2.34. The van der Waals surface area contributed by atoms with Crippen LogP contribution in [0.1, 0.15) is 16.1 Å². The van der Waals surface area contributed by atoms with Gasteiger partial charge in [-0.05, 0) is 25.7 Å². The molecule has 1 aliphatic rings. The van der Waals surface area contributed by atoms with Crippen LogP contribution in [0.5, 0.6) is 0 Å². The molecule has 2 atom stereocenters. The molecule has 3 rings (SSSR count). The van der Waals surface area contributed by atoms with Gasteiger partial charge in [-0.1, -0.05) is 30.3 Å². The summed E-state index contributed by atoms with van der Waals surface area (Å²) in [5.74, 6) is 0.266. The van der Waals surface area contributed by atoms with Gasteiger partial charge in [0.1, 0.15) is 12.0 Å². The Hall–Kier alpha value is -2.31. The Labute approximate surface area is 148 Å². The number of benzene rings is 1. The van der Waals surface area contributed by atoms with Crippen LogP contribution < -0.4 is 5.32 Å². The number of carbonyl (C=O) groups is 1. The fourth-order valence-electron chi connectivity index (χ4n) is 3.42. The summed E-state index contributed by atoms with van der Waals surface area (Å²) in [6.45, 7) is 3.68. The molecular weight excluding hydrogens is 314 g/mol. The van der Waals surface area contributed by atoms with Crippen molar-refractivity contribution >= 4 is 5.91 Å². The van der Waals surface area contributed by atoms with Gasteiger partial charge in [0.25, 0.3) is 5.91 Å². The highest BCUT2D eigenvalue weighted by atomic mass is 16.2. The smallest absolute Gasteiger partial charge is 0.270 e. The highest BCUT2D eigenvalue weighted by Crippen LogP contribution is 2.20. The van der Waals surface area contributed by atoms with Crippen molar-refractivity contribution in [3.63, 3.8) is 0 Å². The van der Waals surface area contributed by atoms with Gasteiger partial charge in [0.2, 0.25) is 0 Å². The number of carbonyl (C=O) groups excluding carboxylic acids is 1. The Kier molecular flexibility index (Phi) is 5.73. The number of hydrogen-bond acceptors (Lipinski definition) is 5. The monoisotopic (exact) mass is 339 g/mol. The Morgan fingerprint density at radius 1 is 1.24 bits per heavy atom. The second-order valence-corrected chi connectivity index (χ2v) is 6.88. The van der Waals surface area contributed by atoms with E-state index in [0.29, 0.717) is 11.6 Å². The number of rotatable bonds is 6. The van der Waals surface area contributed by atoms with E-state index in [-0.39, 0.29) is 11.9 Å². The Morgan fingerprint density at radius 3 is 2.72 bits per heavy atom. The number of likely N-dealkylation sites (tertiary alicyclic amines) is 1. The van der Waals surface area contributed by atoms with Crippen LogP contribution in [-0.2, 0) is 6.54 Å². The average Bonchev–Trinajstić information content (AvgIpc) is 2.96. The highest BCUT2D eigenvalue weighted by molar-refractivity contribution is 5.92. The first-order valence-corrected chi connectivity index (χ1v) is 8.59. The Balaban J connectivity index is 1.66. The summed E-state index contributed by atoms with van der Waals surface area (Å²) in [6.07, 6.45) is 3.00. The van der Waals surface area contributed by atoms with Crippen molar-refractivity contribution in [2.75, 3.05) is 33.7 Å². The number of hydrogen-bond donors (Lipinski definition) is 1. The normalized spacial score (nSPS) is 20.8. The van der Waals surface area contributed by atoms with Gasteiger partial charge in [-0.15, -0.1) is 0 Å². The maximum absolute atomic E-state index is 12.5. The van der Waals surface area contributed by atoms with Gasteiger partial charge in [0, 0.05) is 44.3 Å². The zero-order valence-electron chi connectivity index (χ0n) is 14.8. The molecule has 2 heterocycles. The molecule has 0 unspecified atom stereocenters. The molecule has 0 bridgehead atoms. The van der Waals surface area contributed by atoms with Crippen molar-refractivity contribution in [3.05, 3.63) is 60.2 Å². The summed E-state index contributed by atoms with van der Waals surface area (Å²) in [7, 11) is 4.15. The molecule has 2 aromatic rings. The number of nitrogens with one attached hydrogen (secondary N) is 1. The maximum atomic E-state index is 12.5. The van der Waals surface area contributed by atoms with E-state index in [1.165, 1.54) is 11.9 Å². The first-order valence-electron chi connectivity index (χ1n) is 8.59. The summed E-state index contributed by atoms with van der Waals surface area (Å²) >= 11 is 0. The van der Waals surface area contributed by atoms with Crippen LogP contribution in [0.2, 0.25) is 0 Å². The van der Waals surface area contributed by atoms with Crippen molar-refractivity contribution in [2.45, 2.75) is 12.6 Å². The van der Waals surface area contributed by atoms with E-state index in [9.17, 15) is 4.79 Å². The van der Waals surface area contributed by atoms with Crippen molar-refractivity contribution in [1.82, 2.24) is 25.1 Å². The molecule has 0 spiro atoms. The lowest BCUT2D eigenvalue weighted by Crippen LogP contribution is -2.43. The van der Waals surface area contributed by atoms with Crippen LogP contribution in [0, 0.1) is 5.92 Å². The SMILES string of the molecule is CN(C)C[C@@H]1CN(Cc2ccccc2)C[C@H]1NC(=O)c1ccncn1. The van der Waals surface area contributed by atoms with Crippen LogP contribution in [-0.4, -0.2) is 65.4 Å². The van der Waals surface area contributed by atoms with Crippen LogP contribution in [0.25, 0.3) is 0 Å². The second kappa shape index (κ2) is 8.18. The average molecular weight is 339 g/mol. The molecule has 132 valence electrons. The van der Waals surface area contributed by atoms with Crippen LogP contribution in [0.4, 0.5) is 0 Å². The van der Waals surface area contributed by atoms with E-state index < -0.39 is 0 Å². The predicted octanol–water partition coefficient (Wildman–Crippen LogP) is 1.27. The van der Waals surface area contributed by atoms with Gasteiger partial charge in [-0.2, -0.15) is 0 Å². The van der Waals surface area contributed by atoms with E-state index >= 15 is 0 Å². The van der Waals surface area contributed by atoms with Gasteiger partial charge >= 0.3 is 0 Å². The molecule has 0 saturated carbocycles. The molecule has 0 aliphatic carbocycles. The minimum absolute atomic E-state index is 0.119. The molecular formula is C19H25N5O. The molecule has 1 aromatic carbocycles. The molecule has 6 heteroatoms. The fraction of sp³-hybridized carbons (Fsp3) is 0.421. The van der Waals surface area contributed by atoms with Gasteiger partial charge in [-0.3, -0.25) is 9.69 Å². The fourth-order valence-corrected chi connectivity index (χ4v) is 3.42. The molecule has 25 heavy (non-hydrogen) atoms. The summed E-state index contributed by atoms with van der Waals surface area (Å²) in [5, 5.41) is 3.17. The lowest BCUT2D eigenvalue weighted by atomic mass is 10.0. The summed E-state index contributed by atoms with van der Waals surface area (Å²) < 4.78 is 0. The first kappa shape index (κ1) is 17.5. The van der Waals surface area contributed by atoms with Crippen LogP contribution in [0.3, 0.4) is 0 Å².